The van der Waals surface area contributed by atoms with Crippen molar-refractivity contribution in [3.05, 3.63) is 59.6 Å². The molecule has 0 amide bonds. The first-order valence-corrected chi connectivity index (χ1v) is 5.79. The number of hydrogen-bond acceptors (Lipinski definition) is 2. The first-order chi connectivity index (χ1) is 8.75. The summed E-state index contributed by atoms with van der Waals surface area (Å²) in [6.45, 7) is 0. The van der Waals surface area contributed by atoms with Crippen LogP contribution in [-0.4, -0.2) is 9.97 Å². The van der Waals surface area contributed by atoms with Gasteiger partial charge in [0.15, 0.2) is 5.65 Å². The highest BCUT2D eigenvalue weighted by molar-refractivity contribution is 6.32. The molecule has 0 fully saturated rings. The Morgan fingerprint density at radius 1 is 1.00 bits per heavy atom. The highest BCUT2D eigenvalue weighted by Crippen LogP contribution is 2.30. The van der Waals surface area contributed by atoms with Crippen molar-refractivity contribution in [3.63, 3.8) is 0 Å². The third-order valence-corrected chi connectivity index (χ3v) is 3.00. The van der Waals surface area contributed by atoms with Crippen molar-refractivity contribution in [2.45, 2.75) is 0 Å². The van der Waals surface area contributed by atoms with E-state index in [1.165, 1.54) is 6.07 Å². The lowest BCUT2D eigenvalue weighted by molar-refractivity contribution is 0.631. The zero-order valence-electron chi connectivity index (χ0n) is 9.27. The summed E-state index contributed by atoms with van der Waals surface area (Å²) in [6.07, 6.45) is 1.65. The van der Waals surface area contributed by atoms with E-state index in [0.717, 1.165) is 5.39 Å². The molecule has 0 N–H and O–H groups in total. The van der Waals surface area contributed by atoms with E-state index >= 15 is 0 Å². The van der Waals surface area contributed by atoms with Crippen LogP contribution in [0.1, 0.15) is 0 Å². The molecule has 2 nitrogen and oxygen atoms in total. The maximum absolute atomic E-state index is 13.8. The Morgan fingerprint density at radius 3 is 2.67 bits per heavy atom. The molecule has 0 radical (unpaired) electrons. The van der Waals surface area contributed by atoms with Gasteiger partial charge in [0.2, 0.25) is 0 Å². The van der Waals surface area contributed by atoms with Crippen molar-refractivity contribution in [3.8, 4) is 11.1 Å². The topological polar surface area (TPSA) is 25.8 Å². The van der Waals surface area contributed by atoms with Crippen LogP contribution in [0.15, 0.2) is 48.7 Å². The first kappa shape index (κ1) is 11.1. The van der Waals surface area contributed by atoms with E-state index < -0.39 is 0 Å². The van der Waals surface area contributed by atoms with Crippen LogP contribution in [0.5, 0.6) is 0 Å². The van der Waals surface area contributed by atoms with Crippen LogP contribution in [0.3, 0.4) is 0 Å². The lowest BCUT2D eigenvalue weighted by Gasteiger charge is -2.06. The molecule has 3 rings (SSSR count). The van der Waals surface area contributed by atoms with Crippen molar-refractivity contribution >= 4 is 22.6 Å². The number of aromatic nitrogens is 2. The van der Waals surface area contributed by atoms with E-state index in [4.69, 9.17) is 11.6 Å². The van der Waals surface area contributed by atoms with E-state index in [0.29, 0.717) is 16.8 Å². The Labute approximate surface area is 108 Å². The smallest absolute Gasteiger partial charge is 0.160 e. The molecule has 0 saturated carbocycles. The first-order valence-electron chi connectivity index (χ1n) is 5.42. The van der Waals surface area contributed by atoms with E-state index in [9.17, 15) is 4.39 Å². The number of rotatable bonds is 1. The molecule has 0 aliphatic carbocycles. The molecule has 0 atom stereocenters. The third kappa shape index (κ3) is 1.83. The highest BCUT2D eigenvalue weighted by Gasteiger charge is 2.11. The summed E-state index contributed by atoms with van der Waals surface area (Å²) >= 11 is 6.09. The summed E-state index contributed by atoms with van der Waals surface area (Å²) < 4.78 is 13.8. The Hall–Kier alpha value is -2.00. The minimum atomic E-state index is -0.315. The van der Waals surface area contributed by atoms with Gasteiger partial charge in [-0.15, -0.1) is 0 Å². The van der Waals surface area contributed by atoms with Crippen molar-refractivity contribution in [2.75, 3.05) is 0 Å². The van der Waals surface area contributed by atoms with Crippen molar-refractivity contribution < 1.29 is 4.39 Å². The van der Waals surface area contributed by atoms with Gasteiger partial charge in [0.05, 0.1) is 0 Å². The van der Waals surface area contributed by atoms with Crippen LogP contribution < -0.4 is 0 Å². The van der Waals surface area contributed by atoms with Gasteiger partial charge in [-0.25, -0.2) is 14.4 Å². The van der Waals surface area contributed by atoms with E-state index in [-0.39, 0.29) is 11.0 Å². The molecular weight excluding hydrogens is 251 g/mol. The predicted octanol–water partition coefficient (Wildman–Crippen LogP) is 4.09. The molecule has 2 aromatic heterocycles. The monoisotopic (exact) mass is 258 g/mol. The van der Waals surface area contributed by atoms with Crippen LogP contribution in [-0.2, 0) is 0 Å². The molecule has 0 saturated heterocycles. The standard InChI is InChI=1S/C14H8ClFN2/c15-13-11(10-5-1-2-6-12(10)16)8-9-4-3-7-17-14(9)18-13/h1-8H. The SMILES string of the molecule is Fc1ccccc1-c1cc2cccnc2nc1Cl. The van der Waals surface area contributed by atoms with Crippen LogP contribution in [0.2, 0.25) is 5.15 Å². The molecule has 0 spiro atoms. The average molecular weight is 259 g/mol. The zero-order chi connectivity index (χ0) is 12.5. The van der Waals surface area contributed by atoms with Crippen molar-refractivity contribution in [2.24, 2.45) is 0 Å². The molecule has 18 heavy (non-hydrogen) atoms. The molecule has 88 valence electrons. The van der Waals surface area contributed by atoms with E-state index in [1.54, 1.807) is 30.5 Å². The second kappa shape index (κ2) is 4.35. The summed E-state index contributed by atoms with van der Waals surface area (Å²) in [5.41, 5.74) is 1.58. The van der Waals surface area contributed by atoms with E-state index in [2.05, 4.69) is 9.97 Å². The largest absolute Gasteiger partial charge is 0.237 e. The number of pyridine rings is 2. The maximum Gasteiger partial charge on any atom is 0.160 e. The molecule has 3 aromatic rings. The Balaban J connectivity index is 2.30. The van der Waals surface area contributed by atoms with Gasteiger partial charge in [0, 0.05) is 22.7 Å². The average Bonchev–Trinajstić information content (AvgIpc) is 2.39. The molecule has 0 bridgehead atoms. The second-order valence-corrected chi connectivity index (χ2v) is 4.21. The van der Waals surface area contributed by atoms with Crippen LogP contribution in [0.4, 0.5) is 4.39 Å². The molecule has 1 aromatic carbocycles. The molecule has 0 unspecified atom stereocenters. The lowest BCUT2D eigenvalue weighted by atomic mass is 10.1. The number of hydrogen-bond donors (Lipinski definition) is 0. The van der Waals surface area contributed by atoms with E-state index in [1.807, 2.05) is 12.1 Å². The number of halogens is 2. The fourth-order valence-electron chi connectivity index (χ4n) is 1.85. The highest BCUT2D eigenvalue weighted by atomic mass is 35.5. The van der Waals surface area contributed by atoms with Gasteiger partial charge in [-0.2, -0.15) is 0 Å². The summed E-state index contributed by atoms with van der Waals surface area (Å²) in [4.78, 5) is 8.29. The summed E-state index contributed by atoms with van der Waals surface area (Å²) in [6, 6.07) is 12.0. The zero-order valence-corrected chi connectivity index (χ0v) is 10.0. The summed E-state index contributed by atoms with van der Waals surface area (Å²) in [5, 5.41) is 1.09. The molecule has 0 aliphatic heterocycles. The quantitative estimate of drug-likeness (QED) is 0.615. The van der Waals surface area contributed by atoms with Gasteiger partial charge in [-0.05, 0) is 24.3 Å². The third-order valence-electron chi connectivity index (χ3n) is 2.71. The molecular formula is C14H8ClFN2. The number of fused-ring (bicyclic) bond motifs is 1. The summed E-state index contributed by atoms with van der Waals surface area (Å²) in [5.74, 6) is -0.315. The lowest BCUT2D eigenvalue weighted by Crippen LogP contribution is -1.90. The fourth-order valence-corrected chi connectivity index (χ4v) is 2.09. The van der Waals surface area contributed by atoms with Gasteiger partial charge in [0.1, 0.15) is 11.0 Å². The second-order valence-electron chi connectivity index (χ2n) is 3.86. The van der Waals surface area contributed by atoms with Crippen LogP contribution >= 0.6 is 11.6 Å². The Bertz CT molecular complexity index is 728. The van der Waals surface area contributed by atoms with Gasteiger partial charge in [0.25, 0.3) is 0 Å². The summed E-state index contributed by atoms with van der Waals surface area (Å²) in [7, 11) is 0. The minimum absolute atomic E-state index is 0.256. The maximum atomic E-state index is 13.8. The number of benzene rings is 1. The Kier molecular flexibility index (Phi) is 2.68. The molecule has 0 aliphatic rings. The fraction of sp³-hybridized carbons (Fsp3) is 0. The van der Waals surface area contributed by atoms with Gasteiger partial charge in [-0.1, -0.05) is 29.8 Å². The molecule has 4 heteroatoms. The van der Waals surface area contributed by atoms with Gasteiger partial charge in [-0.3, -0.25) is 0 Å². The number of nitrogens with zero attached hydrogens (tertiary/aromatic N) is 2. The van der Waals surface area contributed by atoms with Crippen molar-refractivity contribution in [1.82, 2.24) is 9.97 Å². The van der Waals surface area contributed by atoms with Gasteiger partial charge >= 0.3 is 0 Å². The van der Waals surface area contributed by atoms with Crippen LogP contribution in [0.25, 0.3) is 22.2 Å². The minimum Gasteiger partial charge on any atom is -0.237 e. The van der Waals surface area contributed by atoms with Crippen LogP contribution in [0, 0.1) is 5.82 Å². The molecule has 2 heterocycles. The van der Waals surface area contributed by atoms with Crippen molar-refractivity contribution in [1.29, 1.82) is 0 Å². The predicted molar refractivity (Wildman–Crippen MR) is 69.9 cm³/mol. The Morgan fingerprint density at radius 2 is 1.83 bits per heavy atom. The normalized spacial score (nSPS) is 10.8. The van der Waals surface area contributed by atoms with Gasteiger partial charge < -0.3 is 0 Å².